The Labute approximate surface area is 197 Å². The number of benzene rings is 2. The summed E-state index contributed by atoms with van der Waals surface area (Å²) in [6.45, 7) is -0.0995. The minimum absolute atomic E-state index is 0.0325. The van der Waals surface area contributed by atoms with Gasteiger partial charge in [0, 0.05) is 12.8 Å². The van der Waals surface area contributed by atoms with Gasteiger partial charge in [-0.3, -0.25) is 4.79 Å². The lowest BCUT2D eigenvalue weighted by molar-refractivity contribution is -0.138. The van der Waals surface area contributed by atoms with Gasteiger partial charge in [-0.05, 0) is 55.2 Å². The molecule has 1 fully saturated rings. The van der Waals surface area contributed by atoms with Crippen LogP contribution < -0.4 is 5.32 Å². The highest BCUT2D eigenvalue weighted by Crippen LogP contribution is 2.38. The second-order valence-electron chi connectivity index (χ2n) is 8.22. The molecule has 0 heterocycles. The number of hydrogen-bond donors (Lipinski definition) is 1. The Bertz CT molecular complexity index is 1340. The number of sulfone groups is 2. The normalized spacial score (nSPS) is 19.2. The fourth-order valence-electron chi connectivity index (χ4n) is 3.66. The van der Waals surface area contributed by atoms with Crippen molar-refractivity contribution in [3.8, 4) is 0 Å². The van der Waals surface area contributed by atoms with E-state index in [0.717, 1.165) is 24.3 Å². The first-order chi connectivity index (χ1) is 15.9. The predicted molar refractivity (Wildman–Crippen MR) is 112 cm³/mol. The van der Waals surface area contributed by atoms with Gasteiger partial charge in [-0.2, -0.15) is 26.3 Å². The summed E-state index contributed by atoms with van der Waals surface area (Å²) >= 11 is 0. The molecule has 0 saturated heterocycles. The quantitative estimate of drug-likeness (QED) is 0.554. The number of carbonyl (C=O) groups is 1. The van der Waals surface area contributed by atoms with Crippen LogP contribution in [0.2, 0.25) is 0 Å². The van der Waals surface area contributed by atoms with Crippen molar-refractivity contribution in [2.75, 3.05) is 12.8 Å². The van der Waals surface area contributed by atoms with Gasteiger partial charge >= 0.3 is 12.4 Å². The SMILES string of the molecule is CS(=O)(=O)c1cc(C(F)(F)F)ccc1C(=O)NC[C@H]1C[C@@H](S(=O)(=O)c2cccc(C(F)(F)F)c2)C1. The molecule has 1 aliphatic carbocycles. The number of carbonyl (C=O) groups excluding carboxylic acids is 1. The van der Waals surface area contributed by atoms with Gasteiger partial charge in [0.15, 0.2) is 19.7 Å². The summed E-state index contributed by atoms with van der Waals surface area (Å²) in [5.74, 6) is -1.33. The molecule has 6 nitrogen and oxygen atoms in total. The first-order valence-corrected chi connectivity index (χ1v) is 13.4. The van der Waals surface area contributed by atoms with Crippen LogP contribution in [0.3, 0.4) is 0 Å². The zero-order valence-electron chi connectivity index (χ0n) is 17.9. The standard InChI is InChI=1S/C21H19F6NO5S2/c1-34(30,31)18-10-14(21(25,26)27)5-6-17(18)19(29)28-11-12-7-16(8-12)35(32,33)15-4-2-3-13(9-15)20(22,23)24/h2-6,9-10,12,16H,7-8,11H2,1H3,(H,28,29)/t12-,16+. The molecule has 3 rings (SSSR count). The monoisotopic (exact) mass is 543 g/mol. The predicted octanol–water partition coefficient (Wildman–Crippen LogP) is 4.11. The lowest BCUT2D eigenvalue weighted by Gasteiger charge is -2.35. The first-order valence-electron chi connectivity index (χ1n) is 10.0. The maximum atomic E-state index is 12.9. The first kappa shape index (κ1) is 27.0. The molecule has 0 radical (unpaired) electrons. The maximum absolute atomic E-state index is 12.9. The molecular weight excluding hydrogens is 524 g/mol. The highest BCUT2D eigenvalue weighted by atomic mass is 32.2. The molecular formula is C21H19F6NO5S2. The second kappa shape index (κ2) is 9.12. The number of amides is 1. The van der Waals surface area contributed by atoms with Crippen molar-refractivity contribution in [1.82, 2.24) is 5.32 Å². The third kappa shape index (κ3) is 5.97. The smallest absolute Gasteiger partial charge is 0.352 e. The van der Waals surface area contributed by atoms with E-state index in [-0.39, 0.29) is 25.3 Å². The zero-order valence-corrected chi connectivity index (χ0v) is 19.6. The fraction of sp³-hybridized carbons (Fsp3) is 0.381. The van der Waals surface area contributed by atoms with Crippen LogP contribution in [0.5, 0.6) is 0 Å². The molecule has 35 heavy (non-hydrogen) atoms. The third-order valence-electron chi connectivity index (χ3n) is 5.63. The summed E-state index contributed by atoms with van der Waals surface area (Å²) in [4.78, 5) is 11.2. The van der Waals surface area contributed by atoms with Crippen LogP contribution in [-0.2, 0) is 32.0 Å². The van der Waals surface area contributed by atoms with Gasteiger partial charge in [0.05, 0.1) is 31.7 Å². The zero-order chi connectivity index (χ0) is 26.4. The summed E-state index contributed by atoms with van der Waals surface area (Å²) in [7, 11) is -8.24. The van der Waals surface area contributed by atoms with Crippen LogP contribution in [0.4, 0.5) is 26.3 Å². The van der Waals surface area contributed by atoms with Crippen molar-refractivity contribution >= 4 is 25.6 Å². The molecule has 14 heteroatoms. The Morgan fingerprint density at radius 2 is 1.49 bits per heavy atom. The third-order valence-corrected chi connectivity index (χ3v) is 8.94. The van der Waals surface area contributed by atoms with Gasteiger partial charge < -0.3 is 5.32 Å². The molecule has 1 amide bonds. The van der Waals surface area contributed by atoms with Gasteiger partial charge in [-0.1, -0.05) is 6.07 Å². The molecule has 192 valence electrons. The lowest BCUT2D eigenvalue weighted by Crippen LogP contribution is -2.42. The average Bonchev–Trinajstić information content (AvgIpc) is 2.70. The van der Waals surface area contributed by atoms with Crippen LogP contribution in [0.25, 0.3) is 0 Å². The molecule has 2 aromatic rings. The van der Waals surface area contributed by atoms with E-state index in [1.165, 1.54) is 0 Å². The van der Waals surface area contributed by atoms with Crippen molar-refractivity contribution in [2.24, 2.45) is 5.92 Å². The molecule has 1 N–H and O–H groups in total. The lowest BCUT2D eigenvalue weighted by atomic mass is 9.84. The van der Waals surface area contributed by atoms with Crippen molar-refractivity contribution in [1.29, 1.82) is 0 Å². The van der Waals surface area contributed by atoms with Crippen molar-refractivity contribution < 1.29 is 48.0 Å². The minimum atomic E-state index is -4.82. The molecule has 0 atom stereocenters. The Kier molecular flexibility index (Phi) is 7.03. The topological polar surface area (TPSA) is 97.4 Å². The maximum Gasteiger partial charge on any atom is 0.416 e. The summed E-state index contributed by atoms with van der Waals surface area (Å²) < 4.78 is 127. The van der Waals surface area contributed by atoms with Gasteiger partial charge in [0.25, 0.3) is 5.91 Å². The largest absolute Gasteiger partial charge is 0.416 e. The molecule has 0 spiro atoms. The number of hydrogen-bond acceptors (Lipinski definition) is 5. The van der Waals surface area contributed by atoms with Gasteiger partial charge in [0.1, 0.15) is 0 Å². The summed E-state index contributed by atoms with van der Waals surface area (Å²) in [5.41, 5.74) is -2.83. The van der Waals surface area contributed by atoms with E-state index in [2.05, 4.69) is 5.32 Å². The second-order valence-corrected chi connectivity index (χ2v) is 12.4. The number of alkyl halides is 6. The van der Waals surface area contributed by atoms with E-state index < -0.39 is 69.7 Å². The molecule has 2 aromatic carbocycles. The molecule has 0 bridgehead atoms. The summed E-state index contributed by atoms with van der Waals surface area (Å²) in [6, 6.07) is 5.06. The minimum Gasteiger partial charge on any atom is -0.352 e. The number of rotatable bonds is 6. The Morgan fingerprint density at radius 3 is 2.03 bits per heavy atom. The molecule has 0 unspecified atom stereocenters. The van der Waals surface area contributed by atoms with Crippen molar-refractivity contribution in [3.05, 3.63) is 59.2 Å². The highest BCUT2D eigenvalue weighted by molar-refractivity contribution is 7.92. The Hall–Kier alpha value is -2.61. The van der Waals surface area contributed by atoms with E-state index in [0.29, 0.717) is 24.5 Å². The van der Waals surface area contributed by atoms with Crippen LogP contribution in [-0.4, -0.2) is 40.8 Å². The van der Waals surface area contributed by atoms with E-state index in [9.17, 15) is 48.0 Å². The summed E-state index contributed by atoms with van der Waals surface area (Å²) in [5, 5.41) is 1.42. The van der Waals surface area contributed by atoms with Gasteiger partial charge in [-0.25, -0.2) is 16.8 Å². The molecule has 1 saturated carbocycles. The van der Waals surface area contributed by atoms with Crippen molar-refractivity contribution in [2.45, 2.75) is 40.2 Å². The van der Waals surface area contributed by atoms with E-state index in [1.54, 1.807) is 0 Å². The fourth-order valence-corrected chi connectivity index (χ4v) is 6.56. The van der Waals surface area contributed by atoms with Crippen molar-refractivity contribution in [3.63, 3.8) is 0 Å². The number of halogens is 6. The Balaban J connectivity index is 1.67. The summed E-state index contributed by atoms with van der Waals surface area (Å²) in [6.07, 6.45) is -8.80. The van der Waals surface area contributed by atoms with Crippen LogP contribution in [0.1, 0.15) is 34.3 Å². The van der Waals surface area contributed by atoms with E-state index >= 15 is 0 Å². The van der Waals surface area contributed by atoms with E-state index in [4.69, 9.17) is 0 Å². The average molecular weight is 544 g/mol. The highest BCUT2D eigenvalue weighted by Gasteiger charge is 2.41. The molecule has 0 aliphatic heterocycles. The van der Waals surface area contributed by atoms with Gasteiger partial charge in [0.2, 0.25) is 0 Å². The van der Waals surface area contributed by atoms with Crippen LogP contribution >= 0.6 is 0 Å². The Morgan fingerprint density at radius 1 is 0.914 bits per heavy atom. The van der Waals surface area contributed by atoms with E-state index in [1.807, 2.05) is 0 Å². The number of nitrogens with one attached hydrogen (secondary N) is 1. The van der Waals surface area contributed by atoms with Crippen LogP contribution in [0.15, 0.2) is 52.3 Å². The molecule has 1 aliphatic rings. The molecule has 0 aromatic heterocycles. The van der Waals surface area contributed by atoms with Gasteiger partial charge in [-0.15, -0.1) is 0 Å². The van der Waals surface area contributed by atoms with Crippen LogP contribution in [0, 0.1) is 5.92 Å².